The van der Waals surface area contributed by atoms with E-state index in [1.54, 1.807) is 24.3 Å². The van der Waals surface area contributed by atoms with Crippen LogP contribution in [0.15, 0.2) is 24.3 Å². The van der Waals surface area contributed by atoms with Gasteiger partial charge in [-0.25, -0.2) is 0 Å². The highest BCUT2D eigenvalue weighted by Gasteiger charge is 2.28. The Kier molecular flexibility index (Phi) is 2.81. The Morgan fingerprint density at radius 1 is 1.25 bits per heavy atom. The van der Waals surface area contributed by atoms with E-state index in [1.165, 1.54) is 25.7 Å². The van der Waals surface area contributed by atoms with E-state index in [1.807, 2.05) is 0 Å². The van der Waals surface area contributed by atoms with Crippen molar-refractivity contribution in [3.63, 3.8) is 0 Å². The van der Waals surface area contributed by atoms with E-state index in [9.17, 15) is 10.1 Å². The number of nitrogens with one attached hydrogen (secondary N) is 1. The van der Waals surface area contributed by atoms with Gasteiger partial charge in [0.05, 0.1) is 4.92 Å². The molecule has 1 aliphatic rings. The molecule has 0 amide bonds. The van der Waals surface area contributed by atoms with E-state index < -0.39 is 0 Å². The first-order valence-electron chi connectivity index (χ1n) is 5.62. The number of nitro benzene ring substituents is 1. The fraction of sp³-hybridized carbons (Fsp3) is 0.500. The summed E-state index contributed by atoms with van der Waals surface area (Å²) in [6, 6.07) is 6.64. The summed E-state index contributed by atoms with van der Waals surface area (Å²) < 4.78 is 0. The van der Waals surface area contributed by atoms with Crippen LogP contribution in [0, 0.1) is 10.1 Å². The predicted molar refractivity (Wildman–Crippen MR) is 63.6 cm³/mol. The molecule has 0 atom stereocenters. The van der Waals surface area contributed by atoms with E-state index in [-0.39, 0.29) is 16.1 Å². The van der Waals surface area contributed by atoms with E-state index >= 15 is 0 Å². The SMILES string of the molecule is CC1(Nc2ccc([N+](=O)[O-])cc2)CCCC1. The molecule has 1 saturated carbocycles. The van der Waals surface area contributed by atoms with Crippen molar-refractivity contribution in [2.24, 2.45) is 0 Å². The lowest BCUT2D eigenvalue weighted by Crippen LogP contribution is -2.30. The molecule has 1 aliphatic carbocycles. The number of hydrogen-bond donors (Lipinski definition) is 1. The first kappa shape index (κ1) is 10.9. The summed E-state index contributed by atoms with van der Waals surface area (Å²) in [5, 5.41) is 14.0. The van der Waals surface area contributed by atoms with Crippen LogP contribution < -0.4 is 5.32 Å². The quantitative estimate of drug-likeness (QED) is 0.627. The van der Waals surface area contributed by atoms with Crippen LogP contribution in [0.25, 0.3) is 0 Å². The molecule has 2 rings (SSSR count). The normalized spacial score (nSPS) is 18.3. The van der Waals surface area contributed by atoms with Crippen molar-refractivity contribution < 1.29 is 4.92 Å². The van der Waals surface area contributed by atoms with Gasteiger partial charge in [-0.1, -0.05) is 12.8 Å². The molecule has 1 fully saturated rings. The topological polar surface area (TPSA) is 55.2 Å². The van der Waals surface area contributed by atoms with Crippen molar-refractivity contribution in [3.8, 4) is 0 Å². The second kappa shape index (κ2) is 4.12. The minimum Gasteiger partial charge on any atom is -0.380 e. The van der Waals surface area contributed by atoms with Gasteiger partial charge in [-0.15, -0.1) is 0 Å². The molecular formula is C12H16N2O2. The Morgan fingerprint density at radius 3 is 2.31 bits per heavy atom. The lowest BCUT2D eigenvalue weighted by Gasteiger charge is -2.26. The minimum atomic E-state index is -0.374. The first-order chi connectivity index (χ1) is 7.59. The molecule has 86 valence electrons. The number of benzene rings is 1. The van der Waals surface area contributed by atoms with Crippen LogP contribution in [0.2, 0.25) is 0 Å². The number of nitro groups is 1. The van der Waals surface area contributed by atoms with Gasteiger partial charge in [-0.3, -0.25) is 10.1 Å². The Hall–Kier alpha value is -1.58. The Morgan fingerprint density at radius 2 is 1.81 bits per heavy atom. The van der Waals surface area contributed by atoms with Crippen LogP contribution >= 0.6 is 0 Å². The number of anilines is 1. The summed E-state index contributed by atoms with van der Waals surface area (Å²) in [4.78, 5) is 10.1. The van der Waals surface area contributed by atoms with Crippen molar-refractivity contribution in [1.82, 2.24) is 0 Å². The van der Waals surface area contributed by atoms with Gasteiger partial charge in [-0.05, 0) is 31.9 Å². The molecule has 1 aromatic carbocycles. The molecule has 1 N–H and O–H groups in total. The van der Waals surface area contributed by atoms with E-state index in [2.05, 4.69) is 12.2 Å². The van der Waals surface area contributed by atoms with Crippen LogP contribution in [0.5, 0.6) is 0 Å². The average molecular weight is 220 g/mol. The van der Waals surface area contributed by atoms with Crippen LogP contribution in [0.3, 0.4) is 0 Å². The Balaban J connectivity index is 2.07. The fourth-order valence-corrected chi connectivity index (χ4v) is 2.30. The molecule has 16 heavy (non-hydrogen) atoms. The molecule has 1 aromatic rings. The molecule has 0 spiro atoms. The van der Waals surface area contributed by atoms with E-state index in [4.69, 9.17) is 0 Å². The molecule has 0 saturated heterocycles. The number of nitrogens with zero attached hydrogens (tertiary/aromatic N) is 1. The molecule has 0 radical (unpaired) electrons. The molecule has 0 heterocycles. The smallest absolute Gasteiger partial charge is 0.269 e. The number of non-ortho nitro benzene ring substituents is 1. The second-order valence-electron chi connectivity index (χ2n) is 4.70. The standard InChI is InChI=1S/C12H16N2O2/c1-12(8-2-3-9-12)13-10-4-6-11(7-5-10)14(15)16/h4-7,13H,2-3,8-9H2,1H3. The lowest BCUT2D eigenvalue weighted by molar-refractivity contribution is -0.384. The summed E-state index contributed by atoms with van der Waals surface area (Å²) in [6.45, 7) is 2.21. The number of hydrogen-bond acceptors (Lipinski definition) is 3. The maximum absolute atomic E-state index is 10.5. The molecular weight excluding hydrogens is 204 g/mol. The number of rotatable bonds is 3. The largest absolute Gasteiger partial charge is 0.380 e. The Labute approximate surface area is 94.8 Å². The third-order valence-electron chi connectivity index (χ3n) is 3.23. The van der Waals surface area contributed by atoms with Crippen molar-refractivity contribution in [1.29, 1.82) is 0 Å². The fourth-order valence-electron chi connectivity index (χ4n) is 2.30. The van der Waals surface area contributed by atoms with Gasteiger partial charge >= 0.3 is 0 Å². The van der Waals surface area contributed by atoms with Gasteiger partial charge in [0.1, 0.15) is 0 Å². The summed E-state index contributed by atoms with van der Waals surface area (Å²) >= 11 is 0. The van der Waals surface area contributed by atoms with Crippen molar-refractivity contribution in [3.05, 3.63) is 34.4 Å². The molecule has 4 nitrogen and oxygen atoms in total. The highest BCUT2D eigenvalue weighted by atomic mass is 16.6. The van der Waals surface area contributed by atoms with Crippen LogP contribution in [-0.4, -0.2) is 10.5 Å². The van der Waals surface area contributed by atoms with Gasteiger partial charge in [0, 0.05) is 23.4 Å². The van der Waals surface area contributed by atoms with Crippen molar-refractivity contribution in [2.45, 2.75) is 38.1 Å². The zero-order chi connectivity index (χ0) is 11.6. The molecule has 0 unspecified atom stereocenters. The van der Waals surface area contributed by atoms with Crippen molar-refractivity contribution in [2.75, 3.05) is 5.32 Å². The molecule has 0 aromatic heterocycles. The van der Waals surface area contributed by atoms with Crippen LogP contribution in [0.1, 0.15) is 32.6 Å². The summed E-state index contributed by atoms with van der Waals surface area (Å²) in [7, 11) is 0. The zero-order valence-corrected chi connectivity index (χ0v) is 9.40. The van der Waals surface area contributed by atoms with Gasteiger partial charge in [0.15, 0.2) is 0 Å². The lowest BCUT2D eigenvalue weighted by atomic mass is 10.0. The summed E-state index contributed by atoms with van der Waals surface area (Å²) in [5.41, 5.74) is 1.27. The van der Waals surface area contributed by atoms with E-state index in [0.29, 0.717) is 0 Å². The monoisotopic (exact) mass is 220 g/mol. The maximum Gasteiger partial charge on any atom is 0.269 e. The third-order valence-corrected chi connectivity index (χ3v) is 3.23. The predicted octanol–water partition coefficient (Wildman–Crippen LogP) is 3.34. The van der Waals surface area contributed by atoms with Gasteiger partial charge in [0.25, 0.3) is 5.69 Å². The first-order valence-corrected chi connectivity index (χ1v) is 5.62. The van der Waals surface area contributed by atoms with Gasteiger partial charge in [-0.2, -0.15) is 0 Å². The second-order valence-corrected chi connectivity index (χ2v) is 4.70. The van der Waals surface area contributed by atoms with Gasteiger partial charge in [0.2, 0.25) is 0 Å². The van der Waals surface area contributed by atoms with Gasteiger partial charge < -0.3 is 5.32 Å². The molecule has 4 heteroatoms. The Bertz CT molecular complexity index is 381. The van der Waals surface area contributed by atoms with E-state index in [0.717, 1.165) is 5.69 Å². The average Bonchev–Trinajstić information content (AvgIpc) is 2.65. The minimum absolute atomic E-state index is 0.141. The maximum atomic E-state index is 10.5. The highest BCUT2D eigenvalue weighted by molar-refractivity contribution is 5.50. The van der Waals surface area contributed by atoms with Crippen molar-refractivity contribution >= 4 is 11.4 Å². The summed E-state index contributed by atoms with van der Waals surface area (Å²) in [6.07, 6.45) is 4.86. The third kappa shape index (κ3) is 2.32. The molecule has 0 aliphatic heterocycles. The molecule has 0 bridgehead atoms. The van der Waals surface area contributed by atoms with Crippen LogP contribution in [0.4, 0.5) is 11.4 Å². The van der Waals surface area contributed by atoms with Crippen LogP contribution in [-0.2, 0) is 0 Å². The summed E-state index contributed by atoms with van der Waals surface area (Å²) in [5.74, 6) is 0. The highest BCUT2D eigenvalue weighted by Crippen LogP contribution is 2.32. The zero-order valence-electron chi connectivity index (χ0n) is 9.40.